The van der Waals surface area contributed by atoms with Gasteiger partial charge in [-0.25, -0.2) is 0 Å². The Balaban J connectivity index is 2.18. The van der Waals surface area contributed by atoms with Crippen molar-refractivity contribution in [1.82, 2.24) is 0 Å². The maximum atomic E-state index is 10.5. The second-order valence-electron chi connectivity index (χ2n) is 4.78. The second kappa shape index (κ2) is 5.21. The van der Waals surface area contributed by atoms with E-state index in [-0.39, 0.29) is 5.41 Å². The Kier molecular flexibility index (Phi) is 3.86. The van der Waals surface area contributed by atoms with Gasteiger partial charge in [-0.1, -0.05) is 6.92 Å². The van der Waals surface area contributed by atoms with E-state index in [2.05, 4.69) is 0 Å². The molecule has 2 rings (SSSR count). The van der Waals surface area contributed by atoms with Gasteiger partial charge in [0.25, 0.3) is 0 Å². The lowest BCUT2D eigenvalue weighted by atomic mass is 9.76. The molecule has 1 aliphatic heterocycles. The average Bonchev–Trinajstić information content (AvgIpc) is 2.87. The summed E-state index contributed by atoms with van der Waals surface area (Å²) in [5, 5.41) is 10.5. The number of nitrogens with two attached hydrogens (primary N) is 1. The van der Waals surface area contributed by atoms with E-state index < -0.39 is 6.10 Å². The molecule has 0 bridgehead atoms. The van der Waals surface area contributed by atoms with Crippen LogP contribution in [0, 0.1) is 5.41 Å². The molecule has 2 heterocycles. The first-order valence-corrected chi connectivity index (χ1v) is 6.26. The van der Waals surface area contributed by atoms with E-state index in [9.17, 15) is 5.11 Å². The van der Waals surface area contributed by atoms with E-state index >= 15 is 0 Å². The molecule has 0 aromatic carbocycles. The largest absolute Gasteiger partial charge is 0.463 e. The number of furan rings is 1. The van der Waals surface area contributed by atoms with Crippen molar-refractivity contribution in [2.45, 2.75) is 32.3 Å². The maximum absolute atomic E-state index is 10.5. The third-order valence-electron chi connectivity index (χ3n) is 3.64. The lowest BCUT2D eigenvalue weighted by Gasteiger charge is -2.38. The molecule has 1 aliphatic rings. The highest BCUT2D eigenvalue weighted by molar-refractivity contribution is 5.13. The Morgan fingerprint density at radius 1 is 1.53 bits per heavy atom. The lowest BCUT2D eigenvalue weighted by molar-refractivity contribution is -0.0853. The van der Waals surface area contributed by atoms with Crippen molar-refractivity contribution in [1.29, 1.82) is 0 Å². The van der Waals surface area contributed by atoms with Crippen molar-refractivity contribution < 1.29 is 14.3 Å². The smallest absolute Gasteiger partial charge is 0.133 e. The van der Waals surface area contributed by atoms with Crippen LogP contribution in [0.15, 0.2) is 16.5 Å². The highest BCUT2D eigenvalue weighted by Crippen LogP contribution is 2.40. The summed E-state index contributed by atoms with van der Waals surface area (Å²) >= 11 is 0. The molecule has 0 aliphatic carbocycles. The molecule has 96 valence electrons. The number of hydrogen-bond donors (Lipinski definition) is 2. The zero-order chi connectivity index (χ0) is 12.3. The Bertz CT molecular complexity index is 355. The second-order valence-corrected chi connectivity index (χ2v) is 4.78. The number of rotatable bonds is 4. The van der Waals surface area contributed by atoms with Gasteiger partial charge in [0.15, 0.2) is 0 Å². The predicted octanol–water partition coefficient (Wildman–Crippen LogP) is 1.63. The third kappa shape index (κ3) is 2.39. The minimum absolute atomic E-state index is 0.388. The molecule has 0 spiro atoms. The molecule has 17 heavy (non-hydrogen) atoms. The molecule has 0 radical (unpaired) electrons. The molecular weight excluding hydrogens is 218 g/mol. The summed E-state index contributed by atoms with van der Waals surface area (Å²) in [6.45, 7) is 3.70. The molecule has 4 nitrogen and oxygen atoms in total. The summed E-state index contributed by atoms with van der Waals surface area (Å²) < 4.78 is 11.1. The fourth-order valence-electron chi connectivity index (χ4n) is 2.40. The van der Waals surface area contributed by atoms with Crippen LogP contribution >= 0.6 is 0 Å². The van der Waals surface area contributed by atoms with Gasteiger partial charge in [0.2, 0.25) is 0 Å². The Morgan fingerprint density at radius 2 is 2.35 bits per heavy atom. The van der Waals surface area contributed by atoms with Gasteiger partial charge in [0, 0.05) is 25.0 Å². The van der Waals surface area contributed by atoms with Gasteiger partial charge in [-0.2, -0.15) is 0 Å². The number of aliphatic hydroxyl groups is 1. The average molecular weight is 239 g/mol. The molecule has 2 atom stereocenters. The van der Waals surface area contributed by atoms with E-state index in [1.165, 1.54) is 0 Å². The quantitative estimate of drug-likeness (QED) is 0.838. The van der Waals surface area contributed by atoms with Gasteiger partial charge >= 0.3 is 0 Å². The molecule has 3 N–H and O–H groups in total. The number of hydrogen-bond acceptors (Lipinski definition) is 4. The Hall–Kier alpha value is -0.840. The zero-order valence-corrected chi connectivity index (χ0v) is 10.3. The molecular formula is C13H21NO3. The highest BCUT2D eigenvalue weighted by Gasteiger charge is 2.41. The number of aryl methyl sites for hydroxylation is 1. The van der Waals surface area contributed by atoms with Crippen LogP contribution in [0.3, 0.4) is 0 Å². The topological polar surface area (TPSA) is 68.6 Å². The van der Waals surface area contributed by atoms with Crippen molar-refractivity contribution >= 4 is 0 Å². The summed E-state index contributed by atoms with van der Waals surface area (Å²) in [7, 11) is 0. The first-order valence-electron chi connectivity index (χ1n) is 6.26. The monoisotopic (exact) mass is 239 g/mol. The molecule has 1 aromatic rings. The van der Waals surface area contributed by atoms with Crippen LogP contribution in [0.5, 0.6) is 0 Å². The zero-order valence-electron chi connectivity index (χ0n) is 10.3. The summed E-state index contributed by atoms with van der Waals surface area (Å²) in [6.07, 6.45) is 1.98. The molecule has 1 fully saturated rings. The summed E-state index contributed by atoms with van der Waals surface area (Å²) in [5.41, 5.74) is 5.45. The molecule has 4 heteroatoms. The molecule has 0 saturated carbocycles. The van der Waals surface area contributed by atoms with Crippen molar-refractivity contribution in [3.05, 3.63) is 23.7 Å². The van der Waals surface area contributed by atoms with Crippen LogP contribution in [-0.4, -0.2) is 24.9 Å². The van der Waals surface area contributed by atoms with Crippen molar-refractivity contribution in [3.8, 4) is 0 Å². The van der Waals surface area contributed by atoms with Crippen molar-refractivity contribution in [2.24, 2.45) is 11.1 Å². The first kappa shape index (κ1) is 12.6. The molecule has 1 aromatic heterocycles. The normalized spacial score (nSPS) is 27.0. The first-order chi connectivity index (χ1) is 8.22. The van der Waals surface area contributed by atoms with Crippen LogP contribution in [0.1, 0.15) is 37.4 Å². The van der Waals surface area contributed by atoms with Crippen LogP contribution < -0.4 is 5.73 Å². The number of ether oxygens (including phenoxy) is 1. The van der Waals surface area contributed by atoms with Crippen LogP contribution in [-0.2, 0) is 11.2 Å². The minimum Gasteiger partial charge on any atom is -0.463 e. The van der Waals surface area contributed by atoms with Crippen LogP contribution in [0.2, 0.25) is 0 Å². The molecule has 2 unspecified atom stereocenters. The third-order valence-corrected chi connectivity index (χ3v) is 3.64. The van der Waals surface area contributed by atoms with Gasteiger partial charge in [0.1, 0.15) is 17.6 Å². The predicted molar refractivity (Wildman–Crippen MR) is 64.6 cm³/mol. The Labute approximate surface area is 102 Å². The van der Waals surface area contributed by atoms with Gasteiger partial charge in [-0.3, -0.25) is 0 Å². The van der Waals surface area contributed by atoms with Gasteiger partial charge in [-0.05, 0) is 25.0 Å². The highest BCUT2D eigenvalue weighted by atomic mass is 16.5. The van der Waals surface area contributed by atoms with E-state index in [0.717, 1.165) is 31.6 Å². The fraction of sp³-hybridized carbons (Fsp3) is 0.692. The van der Waals surface area contributed by atoms with Crippen molar-refractivity contribution in [2.75, 3.05) is 19.8 Å². The van der Waals surface area contributed by atoms with Gasteiger partial charge < -0.3 is 20.0 Å². The van der Waals surface area contributed by atoms with Crippen molar-refractivity contribution in [3.63, 3.8) is 0 Å². The summed E-state index contributed by atoms with van der Waals surface area (Å²) in [5.74, 6) is 1.50. The molecule has 1 saturated heterocycles. The van der Waals surface area contributed by atoms with E-state index in [1.807, 2.05) is 19.1 Å². The maximum Gasteiger partial charge on any atom is 0.133 e. The SMILES string of the molecule is CCc1ccc(C(O)C2(CN)CCCOC2)o1. The van der Waals surface area contributed by atoms with E-state index in [0.29, 0.717) is 18.9 Å². The lowest BCUT2D eigenvalue weighted by Crippen LogP contribution is -2.43. The number of aliphatic hydroxyl groups excluding tert-OH is 1. The van der Waals surface area contributed by atoms with Gasteiger partial charge in [0.05, 0.1) is 6.61 Å². The summed E-state index contributed by atoms with van der Waals surface area (Å²) in [4.78, 5) is 0. The van der Waals surface area contributed by atoms with E-state index in [4.69, 9.17) is 14.9 Å². The van der Waals surface area contributed by atoms with Gasteiger partial charge in [-0.15, -0.1) is 0 Å². The van der Waals surface area contributed by atoms with E-state index in [1.54, 1.807) is 0 Å². The van der Waals surface area contributed by atoms with Crippen LogP contribution in [0.25, 0.3) is 0 Å². The summed E-state index contributed by atoms with van der Waals surface area (Å²) in [6, 6.07) is 3.75. The fourth-order valence-corrected chi connectivity index (χ4v) is 2.40. The minimum atomic E-state index is -0.673. The Morgan fingerprint density at radius 3 is 2.88 bits per heavy atom. The molecule has 0 amide bonds. The standard InChI is InChI=1S/C13H21NO3/c1-2-10-4-5-11(17-10)12(15)13(8-14)6-3-7-16-9-13/h4-5,12,15H,2-3,6-9,14H2,1H3. The van der Waals surface area contributed by atoms with Crippen LogP contribution in [0.4, 0.5) is 0 Å².